The molecule has 0 aliphatic carbocycles. The lowest BCUT2D eigenvalue weighted by molar-refractivity contribution is -0.122. The van der Waals surface area contributed by atoms with Crippen molar-refractivity contribution in [2.75, 3.05) is 26.7 Å². The van der Waals surface area contributed by atoms with Crippen LogP contribution in [-0.4, -0.2) is 49.6 Å². The molecule has 5 heteroatoms. The Morgan fingerprint density at radius 1 is 1.26 bits per heavy atom. The van der Waals surface area contributed by atoms with E-state index in [4.69, 9.17) is 4.74 Å². The van der Waals surface area contributed by atoms with Gasteiger partial charge in [0.05, 0.1) is 12.6 Å². The van der Waals surface area contributed by atoms with Gasteiger partial charge < -0.3 is 15.4 Å². The van der Waals surface area contributed by atoms with Gasteiger partial charge in [-0.1, -0.05) is 12.1 Å². The Kier molecular flexibility index (Phi) is 6.86. The number of rotatable bonds is 7. The van der Waals surface area contributed by atoms with E-state index in [2.05, 4.69) is 27.7 Å². The van der Waals surface area contributed by atoms with Crippen LogP contribution in [0, 0.1) is 0 Å². The van der Waals surface area contributed by atoms with Gasteiger partial charge in [-0.3, -0.25) is 9.69 Å². The summed E-state index contributed by atoms with van der Waals surface area (Å²) in [5, 5.41) is 6.30. The molecule has 1 aliphatic rings. The van der Waals surface area contributed by atoms with E-state index in [0.29, 0.717) is 12.6 Å². The fourth-order valence-electron chi connectivity index (χ4n) is 2.80. The monoisotopic (exact) mass is 319 g/mol. The van der Waals surface area contributed by atoms with Crippen LogP contribution >= 0.6 is 0 Å². The SMILES string of the molecule is CNC(=O)CN1CCC(NCc2ccc(OC(C)C)cc2)CC1. The van der Waals surface area contributed by atoms with Crippen molar-refractivity contribution < 1.29 is 9.53 Å². The highest BCUT2D eigenvalue weighted by atomic mass is 16.5. The maximum Gasteiger partial charge on any atom is 0.233 e. The van der Waals surface area contributed by atoms with Crippen molar-refractivity contribution in [1.29, 1.82) is 0 Å². The number of benzene rings is 1. The molecule has 1 saturated heterocycles. The molecule has 2 N–H and O–H groups in total. The molecule has 1 aromatic rings. The molecule has 1 fully saturated rings. The van der Waals surface area contributed by atoms with Crippen LogP contribution in [0.1, 0.15) is 32.3 Å². The van der Waals surface area contributed by atoms with Crippen LogP contribution in [0.5, 0.6) is 5.75 Å². The molecule has 0 spiro atoms. The lowest BCUT2D eigenvalue weighted by Gasteiger charge is -2.31. The van der Waals surface area contributed by atoms with E-state index >= 15 is 0 Å². The molecule has 0 atom stereocenters. The number of hydrogen-bond acceptors (Lipinski definition) is 4. The number of hydrogen-bond donors (Lipinski definition) is 2. The van der Waals surface area contributed by atoms with E-state index in [-0.39, 0.29) is 12.0 Å². The Morgan fingerprint density at radius 2 is 1.91 bits per heavy atom. The van der Waals surface area contributed by atoms with E-state index in [1.54, 1.807) is 7.05 Å². The normalized spacial score (nSPS) is 16.5. The second-order valence-electron chi connectivity index (χ2n) is 6.42. The van der Waals surface area contributed by atoms with E-state index in [9.17, 15) is 4.79 Å². The molecule has 0 saturated carbocycles. The Labute approximate surface area is 139 Å². The number of amides is 1. The molecule has 0 aromatic heterocycles. The van der Waals surface area contributed by atoms with Crippen LogP contribution in [0.4, 0.5) is 0 Å². The van der Waals surface area contributed by atoms with Gasteiger partial charge in [0, 0.05) is 32.7 Å². The zero-order valence-electron chi connectivity index (χ0n) is 14.5. The largest absolute Gasteiger partial charge is 0.491 e. The predicted octanol–water partition coefficient (Wildman–Crippen LogP) is 1.77. The van der Waals surface area contributed by atoms with Crippen LogP contribution in [0.25, 0.3) is 0 Å². The van der Waals surface area contributed by atoms with Crippen LogP contribution in [-0.2, 0) is 11.3 Å². The third kappa shape index (κ3) is 6.20. The van der Waals surface area contributed by atoms with Crippen LogP contribution in [0.2, 0.25) is 0 Å². The first kappa shape index (κ1) is 17.8. The van der Waals surface area contributed by atoms with Crippen molar-refractivity contribution in [3.8, 4) is 5.75 Å². The van der Waals surface area contributed by atoms with Crippen molar-refractivity contribution in [3.63, 3.8) is 0 Å². The van der Waals surface area contributed by atoms with Crippen molar-refractivity contribution in [2.24, 2.45) is 0 Å². The number of carbonyl (C=O) groups is 1. The first-order valence-corrected chi connectivity index (χ1v) is 8.48. The van der Waals surface area contributed by atoms with Gasteiger partial charge in [0.15, 0.2) is 0 Å². The van der Waals surface area contributed by atoms with Gasteiger partial charge in [-0.05, 0) is 44.4 Å². The average Bonchev–Trinajstić information content (AvgIpc) is 2.55. The Balaban J connectivity index is 1.70. The fraction of sp³-hybridized carbons (Fsp3) is 0.611. The number of piperidine rings is 1. The lowest BCUT2D eigenvalue weighted by Crippen LogP contribution is -2.45. The highest BCUT2D eigenvalue weighted by molar-refractivity contribution is 5.77. The molecular formula is C18H29N3O2. The zero-order valence-corrected chi connectivity index (χ0v) is 14.5. The van der Waals surface area contributed by atoms with Crippen LogP contribution < -0.4 is 15.4 Å². The Hall–Kier alpha value is -1.59. The van der Waals surface area contributed by atoms with Crippen LogP contribution in [0.15, 0.2) is 24.3 Å². The number of likely N-dealkylation sites (N-methyl/N-ethyl adjacent to an activating group) is 1. The zero-order chi connectivity index (χ0) is 16.7. The van der Waals surface area contributed by atoms with Crippen molar-refractivity contribution in [2.45, 2.75) is 45.4 Å². The van der Waals surface area contributed by atoms with Gasteiger partial charge >= 0.3 is 0 Å². The molecule has 0 radical (unpaired) electrons. The lowest BCUT2D eigenvalue weighted by atomic mass is 10.0. The number of nitrogens with zero attached hydrogens (tertiary/aromatic N) is 1. The highest BCUT2D eigenvalue weighted by Crippen LogP contribution is 2.15. The van der Waals surface area contributed by atoms with Gasteiger partial charge in [0.2, 0.25) is 5.91 Å². The van der Waals surface area contributed by atoms with Crippen molar-refractivity contribution in [3.05, 3.63) is 29.8 Å². The second kappa shape index (κ2) is 8.89. The summed E-state index contributed by atoms with van der Waals surface area (Å²) in [5.41, 5.74) is 1.27. The topological polar surface area (TPSA) is 53.6 Å². The molecule has 0 bridgehead atoms. The van der Waals surface area contributed by atoms with Crippen LogP contribution in [0.3, 0.4) is 0 Å². The van der Waals surface area contributed by atoms with Gasteiger partial charge in [-0.2, -0.15) is 0 Å². The molecule has 23 heavy (non-hydrogen) atoms. The number of carbonyl (C=O) groups excluding carboxylic acids is 1. The molecule has 128 valence electrons. The summed E-state index contributed by atoms with van der Waals surface area (Å²) in [5.74, 6) is 1.02. The summed E-state index contributed by atoms with van der Waals surface area (Å²) in [7, 11) is 1.69. The first-order chi connectivity index (χ1) is 11.1. The average molecular weight is 319 g/mol. The summed E-state index contributed by atoms with van der Waals surface area (Å²) < 4.78 is 5.66. The minimum absolute atomic E-state index is 0.0973. The Morgan fingerprint density at radius 3 is 2.48 bits per heavy atom. The maximum atomic E-state index is 11.4. The van der Waals surface area contributed by atoms with Gasteiger partial charge in [0.1, 0.15) is 5.75 Å². The standard InChI is InChI=1S/C18H29N3O2/c1-14(2)23-17-6-4-15(5-7-17)12-20-16-8-10-21(11-9-16)13-18(22)19-3/h4-7,14,16,20H,8-13H2,1-3H3,(H,19,22). The van der Waals surface area contributed by atoms with E-state index in [0.717, 1.165) is 38.2 Å². The van der Waals surface area contributed by atoms with E-state index in [1.807, 2.05) is 26.0 Å². The quantitative estimate of drug-likeness (QED) is 0.804. The van der Waals surface area contributed by atoms with E-state index < -0.39 is 0 Å². The van der Waals surface area contributed by atoms with Gasteiger partial charge in [-0.15, -0.1) is 0 Å². The molecule has 5 nitrogen and oxygen atoms in total. The fourth-order valence-corrected chi connectivity index (χ4v) is 2.80. The van der Waals surface area contributed by atoms with Crippen molar-refractivity contribution >= 4 is 5.91 Å². The molecule has 2 rings (SSSR count). The molecular weight excluding hydrogens is 290 g/mol. The Bertz CT molecular complexity index is 480. The summed E-state index contributed by atoms with van der Waals surface area (Å²) in [6.45, 7) is 7.42. The van der Waals surface area contributed by atoms with Gasteiger partial charge in [-0.25, -0.2) is 0 Å². The summed E-state index contributed by atoms with van der Waals surface area (Å²) >= 11 is 0. The van der Waals surface area contributed by atoms with Crippen molar-refractivity contribution in [1.82, 2.24) is 15.5 Å². The smallest absolute Gasteiger partial charge is 0.233 e. The highest BCUT2D eigenvalue weighted by Gasteiger charge is 2.19. The number of nitrogens with one attached hydrogen (secondary N) is 2. The summed E-state index contributed by atoms with van der Waals surface area (Å²) in [6.07, 6.45) is 2.39. The molecule has 1 aliphatic heterocycles. The second-order valence-corrected chi connectivity index (χ2v) is 6.42. The third-order valence-corrected chi connectivity index (χ3v) is 4.12. The summed E-state index contributed by atoms with van der Waals surface area (Å²) in [4.78, 5) is 13.6. The minimum atomic E-state index is 0.0973. The number of likely N-dealkylation sites (tertiary alicyclic amines) is 1. The third-order valence-electron chi connectivity index (χ3n) is 4.12. The summed E-state index contributed by atoms with van der Waals surface area (Å²) in [6, 6.07) is 8.82. The van der Waals surface area contributed by atoms with Gasteiger partial charge in [0.25, 0.3) is 0 Å². The predicted molar refractivity (Wildman–Crippen MR) is 92.6 cm³/mol. The first-order valence-electron chi connectivity index (χ1n) is 8.48. The van der Waals surface area contributed by atoms with E-state index in [1.165, 1.54) is 5.56 Å². The minimum Gasteiger partial charge on any atom is -0.491 e. The number of ether oxygens (including phenoxy) is 1. The maximum absolute atomic E-state index is 11.4. The molecule has 1 heterocycles. The molecule has 1 amide bonds. The molecule has 1 aromatic carbocycles. The molecule has 0 unspecified atom stereocenters.